The van der Waals surface area contributed by atoms with Crippen LogP contribution in [0.3, 0.4) is 0 Å². The Morgan fingerprint density at radius 3 is 2.38 bits per heavy atom. The van der Waals surface area contributed by atoms with E-state index in [4.69, 9.17) is 4.74 Å². The van der Waals surface area contributed by atoms with Crippen molar-refractivity contribution in [3.63, 3.8) is 0 Å². The van der Waals surface area contributed by atoms with Crippen molar-refractivity contribution in [1.82, 2.24) is 0 Å². The summed E-state index contributed by atoms with van der Waals surface area (Å²) in [5.74, 6) is -2.46. The van der Waals surface area contributed by atoms with Crippen molar-refractivity contribution in [2.24, 2.45) is 0 Å². The van der Waals surface area contributed by atoms with Gasteiger partial charge in [0.05, 0.1) is 24.5 Å². The van der Waals surface area contributed by atoms with Gasteiger partial charge in [0, 0.05) is 19.2 Å². The number of ether oxygens (including phenoxy) is 2. The summed E-state index contributed by atoms with van der Waals surface area (Å²) >= 11 is 0. The van der Waals surface area contributed by atoms with Gasteiger partial charge in [-0.2, -0.15) is 0 Å². The van der Waals surface area contributed by atoms with Crippen molar-refractivity contribution < 1.29 is 23.0 Å². The minimum absolute atomic E-state index is 0.0851. The molecule has 0 saturated heterocycles. The van der Waals surface area contributed by atoms with Crippen molar-refractivity contribution in [2.75, 3.05) is 19.5 Å². The highest BCUT2D eigenvalue weighted by Gasteiger charge is 2.23. The average Bonchev–Trinajstić information content (AvgIpc) is 2.50. The Morgan fingerprint density at radius 1 is 1.14 bits per heavy atom. The number of anilines is 1. The largest absolute Gasteiger partial charge is 0.465 e. The number of hydrogen-bond donors (Lipinski definition) is 1. The molecule has 1 aromatic rings. The van der Waals surface area contributed by atoms with E-state index in [-0.39, 0.29) is 23.4 Å². The first-order valence-electron chi connectivity index (χ1n) is 6.91. The summed E-state index contributed by atoms with van der Waals surface area (Å²) in [5.41, 5.74) is -0.148. The van der Waals surface area contributed by atoms with Crippen LogP contribution in [0.25, 0.3) is 0 Å². The molecule has 0 aliphatic heterocycles. The summed E-state index contributed by atoms with van der Waals surface area (Å²) in [4.78, 5) is 11.4. The Balaban J connectivity index is 2.11. The molecule has 1 aliphatic rings. The van der Waals surface area contributed by atoms with Crippen LogP contribution < -0.4 is 5.32 Å². The SMILES string of the molecule is COC(=O)c1cc(NC2CCC(OC)CC2)c(F)cc1F. The third-order valence-electron chi connectivity index (χ3n) is 3.83. The summed E-state index contributed by atoms with van der Waals surface area (Å²) in [5, 5.41) is 3.04. The van der Waals surface area contributed by atoms with Crippen molar-refractivity contribution >= 4 is 11.7 Å². The van der Waals surface area contributed by atoms with E-state index >= 15 is 0 Å². The van der Waals surface area contributed by atoms with Gasteiger partial charge in [0.15, 0.2) is 0 Å². The van der Waals surface area contributed by atoms with Crippen LogP contribution in [0.4, 0.5) is 14.5 Å². The Morgan fingerprint density at radius 2 is 1.81 bits per heavy atom. The lowest BCUT2D eigenvalue weighted by Gasteiger charge is -2.29. The highest BCUT2D eigenvalue weighted by atomic mass is 19.1. The summed E-state index contributed by atoms with van der Waals surface area (Å²) in [6.45, 7) is 0. The molecule has 6 heteroatoms. The van der Waals surface area contributed by atoms with Crippen LogP contribution in [0.5, 0.6) is 0 Å². The molecule has 0 radical (unpaired) electrons. The van der Waals surface area contributed by atoms with Crippen LogP contribution in [0.15, 0.2) is 12.1 Å². The second kappa shape index (κ2) is 6.85. The molecule has 0 amide bonds. The Labute approximate surface area is 122 Å². The Kier molecular flexibility index (Phi) is 5.12. The third kappa shape index (κ3) is 3.69. The normalized spacial score (nSPS) is 21.9. The summed E-state index contributed by atoms with van der Waals surface area (Å²) < 4.78 is 37.1. The first-order valence-corrected chi connectivity index (χ1v) is 6.91. The first kappa shape index (κ1) is 15.7. The van der Waals surface area contributed by atoms with E-state index in [0.29, 0.717) is 6.07 Å². The highest BCUT2D eigenvalue weighted by Crippen LogP contribution is 2.26. The molecule has 0 unspecified atom stereocenters. The maximum absolute atomic E-state index is 13.8. The van der Waals surface area contributed by atoms with E-state index in [0.717, 1.165) is 32.8 Å². The number of hydrogen-bond acceptors (Lipinski definition) is 4. The molecule has 0 bridgehead atoms. The third-order valence-corrected chi connectivity index (χ3v) is 3.83. The van der Waals surface area contributed by atoms with Gasteiger partial charge in [-0.1, -0.05) is 0 Å². The number of nitrogens with one attached hydrogen (secondary N) is 1. The highest BCUT2D eigenvalue weighted by molar-refractivity contribution is 5.90. The lowest BCUT2D eigenvalue weighted by Crippen LogP contribution is -2.29. The van der Waals surface area contributed by atoms with Crippen LogP contribution in [-0.4, -0.2) is 32.3 Å². The van der Waals surface area contributed by atoms with Gasteiger partial charge in [0.25, 0.3) is 0 Å². The molecule has 116 valence electrons. The van der Waals surface area contributed by atoms with E-state index in [1.165, 1.54) is 6.07 Å². The van der Waals surface area contributed by atoms with Gasteiger partial charge < -0.3 is 14.8 Å². The van der Waals surface area contributed by atoms with Crippen molar-refractivity contribution in [1.29, 1.82) is 0 Å². The molecular formula is C15H19F2NO3. The lowest BCUT2D eigenvalue weighted by molar-refractivity contribution is 0.0595. The van der Waals surface area contributed by atoms with Gasteiger partial charge in [-0.15, -0.1) is 0 Å². The number of methoxy groups -OCH3 is 2. The predicted octanol–water partition coefficient (Wildman–Crippen LogP) is 3.12. The lowest BCUT2D eigenvalue weighted by atomic mass is 9.92. The molecule has 0 heterocycles. The number of carbonyl (C=O) groups excluding carboxylic acids is 1. The maximum Gasteiger partial charge on any atom is 0.340 e. The van der Waals surface area contributed by atoms with Crippen LogP contribution in [-0.2, 0) is 9.47 Å². The van der Waals surface area contributed by atoms with Crippen LogP contribution in [0.1, 0.15) is 36.0 Å². The van der Waals surface area contributed by atoms with Crippen molar-refractivity contribution in [3.05, 3.63) is 29.3 Å². The molecular weight excluding hydrogens is 280 g/mol. The van der Waals surface area contributed by atoms with Crippen LogP contribution in [0, 0.1) is 11.6 Å². The minimum Gasteiger partial charge on any atom is -0.465 e. The molecule has 1 fully saturated rings. The fraction of sp³-hybridized carbons (Fsp3) is 0.533. The smallest absolute Gasteiger partial charge is 0.340 e. The molecule has 1 aromatic carbocycles. The summed E-state index contributed by atoms with van der Waals surface area (Å²) in [7, 11) is 2.84. The maximum atomic E-state index is 13.8. The average molecular weight is 299 g/mol. The van der Waals surface area contributed by atoms with Gasteiger partial charge in [-0.05, 0) is 31.7 Å². The quantitative estimate of drug-likeness (QED) is 0.868. The molecule has 4 nitrogen and oxygen atoms in total. The number of esters is 1. The molecule has 1 N–H and O–H groups in total. The Hall–Kier alpha value is -1.69. The zero-order chi connectivity index (χ0) is 15.4. The van der Waals surface area contributed by atoms with Crippen LogP contribution in [0.2, 0.25) is 0 Å². The van der Waals surface area contributed by atoms with E-state index in [9.17, 15) is 13.6 Å². The second-order valence-electron chi connectivity index (χ2n) is 5.16. The van der Waals surface area contributed by atoms with Gasteiger partial charge in [-0.25, -0.2) is 13.6 Å². The number of rotatable bonds is 4. The molecule has 1 saturated carbocycles. The molecule has 0 atom stereocenters. The summed E-state index contributed by atoms with van der Waals surface area (Å²) in [6.07, 6.45) is 3.69. The first-order chi connectivity index (χ1) is 10.0. The van der Waals surface area contributed by atoms with E-state index < -0.39 is 17.6 Å². The van der Waals surface area contributed by atoms with Gasteiger partial charge in [0.1, 0.15) is 11.6 Å². The number of benzene rings is 1. The minimum atomic E-state index is -0.923. The monoisotopic (exact) mass is 299 g/mol. The van der Waals surface area contributed by atoms with E-state index in [1.54, 1.807) is 7.11 Å². The van der Waals surface area contributed by atoms with Crippen molar-refractivity contribution in [2.45, 2.75) is 37.8 Å². The van der Waals surface area contributed by atoms with Gasteiger partial charge >= 0.3 is 5.97 Å². The zero-order valence-electron chi connectivity index (χ0n) is 12.1. The molecule has 1 aliphatic carbocycles. The molecule has 21 heavy (non-hydrogen) atoms. The number of halogens is 2. The van der Waals surface area contributed by atoms with Crippen LogP contribution >= 0.6 is 0 Å². The molecule has 0 spiro atoms. The van der Waals surface area contributed by atoms with E-state index in [2.05, 4.69) is 10.1 Å². The standard InChI is InChI=1S/C15H19F2NO3/c1-20-10-5-3-9(4-6-10)18-14-7-11(15(19)21-2)12(16)8-13(14)17/h7-10,18H,3-6H2,1-2H3. The fourth-order valence-corrected chi connectivity index (χ4v) is 2.59. The second-order valence-corrected chi connectivity index (χ2v) is 5.16. The van der Waals surface area contributed by atoms with Crippen molar-refractivity contribution in [3.8, 4) is 0 Å². The fourth-order valence-electron chi connectivity index (χ4n) is 2.59. The van der Waals surface area contributed by atoms with E-state index in [1.807, 2.05) is 0 Å². The van der Waals surface area contributed by atoms with Gasteiger partial charge in [-0.3, -0.25) is 0 Å². The molecule has 0 aromatic heterocycles. The van der Waals surface area contributed by atoms with Gasteiger partial charge in [0.2, 0.25) is 0 Å². The number of carbonyl (C=O) groups is 1. The Bertz CT molecular complexity index is 514. The summed E-state index contributed by atoms with van der Waals surface area (Å²) in [6, 6.07) is 1.95. The molecule has 2 rings (SSSR count). The zero-order valence-corrected chi connectivity index (χ0v) is 12.1. The predicted molar refractivity (Wildman–Crippen MR) is 74.4 cm³/mol. The topological polar surface area (TPSA) is 47.6 Å².